The Bertz CT molecular complexity index is 825. The number of hydrogen-bond acceptors (Lipinski definition) is 7. The topological polar surface area (TPSA) is 77.2 Å². The van der Waals surface area contributed by atoms with Crippen molar-refractivity contribution in [2.75, 3.05) is 31.2 Å². The Balaban J connectivity index is 1.43. The SMILES string of the molecule is N[C@@H]1COCC12CCN(c1cnc(Sc3ccncc3C(F)(F)F)cn1)CC2. The molecule has 6 nitrogen and oxygen atoms in total. The van der Waals surface area contributed by atoms with E-state index in [-0.39, 0.29) is 16.4 Å². The molecule has 4 rings (SSSR count). The second kappa shape index (κ2) is 7.49. The lowest BCUT2D eigenvalue weighted by molar-refractivity contribution is -0.140. The van der Waals surface area contributed by atoms with E-state index in [0.717, 1.165) is 49.7 Å². The van der Waals surface area contributed by atoms with Gasteiger partial charge in [0.25, 0.3) is 0 Å². The van der Waals surface area contributed by atoms with Crippen LogP contribution in [0, 0.1) is 5.41 Å². The van der Waals surface area contributed by atoms with Crippen molar-refractivity contribution in [1.82, 2.24) is 15.0 Å². The minimum absolute atomic E-state index is 0.0507. The van der Waals surface area contributed by atoms with Crippen LogP contribution in [-0.4, -0.2) is 47.3 Å². The predicted octanol–water partition coefficient (Wildman–Crippen LogP) is 2.99. The van der Waals surface area contributed by atoms with Crippen LogP contribution >= 0.6 is 11.8 Å². The number of rotatable bonds is 3. The maximum Gasteiger partial charge on any atom is 0.418 e. The summed E-state index contributed by atoms with van der Waals surface area (Å²) in [7, 11) is 0. The van der Waals surface area contributed by atoms with Crippen LogP contribution in [-0.2, 0) is 10.9 Å². The van der Waals surface area contributed by atoms with Gasteiger partial charge in [-0.25, -0.2) is 9.97 Å². The second-order valence-electron chi connectivity index (χ2n) is 7.16. The Morgan fingerprint density at radius 2 is 1.96 bits per heavy atom. The van der Waals surface area contributed by atoms with E-state index >= 15 is 0 Å². The van der Waals surface area contributed by atoms with Gasteiger partial charge in [-0.05, 0) is 18.9 Å². The van der Waals surface area contributed by atoms with E-state index in [0.29, 0.717) is 18.2 Å². The average molecular weight is 411 g/mol. The molecule has 0 saturated carbocycles. The maximum atomic E-state index is 13.1. The van der Waals surface area contributed by atoms with Crippen molar-refractivity contribution in [1.29, 1.82) is 0 Å². The largest absolute Gasteiger partial charge is 0.418 e. The number of piperidine rings is 1. The summed E-state index contributed by atoms with van der Waals surface area (Å²) >= 11 is 0.927. The van der Waals surface area contributed by atoms with Crippen molar-refractivity contribution in [2.24, 2.45) is 11.1 Å². The molecule has 4 heterocycles. The van der Waals surface area contributed by atoms with E-state index in [1.54, 1.807) is 6.20 Å². The summed E-state index contributed by atoms with van der Waals surface area (Å²) in [5, 5.41) is 0.403. The molecule has 2 aromatic heterocycles. The number of nitrogens with zero attached hydrogens (tertiary/aromatic N) is 4. The van der Waals surface area contributed by atoms with Crippen molar-refractivity contribution in [2.45, 2.75) is 35.0 Å². The van der Waals surface area contributed by atoms with E-state index < -0.39 is 11.7 Å². The van der Waals surface area contributed by atoms with Gasteiger partial charge in [-0.3, -0.25) is 4.98 Å². The molecule has 2 aliphatic heterocycles. The Kier molecular flexibility index (Phi) is 5.19. The average Bonchev–Trinajstić information content (AvgIpc) is 3.03. The van der Waals surface area contributed by atoms with Crippen LogP contribution in [0.1, 0.15) is 18.4 Å². The number of anilines is 1. The molecule has 2 N–H and O–H groups in total. The van der Waals surface area contributed by atoms with Crippen molar-refractivity contribution in [3.05, 3.63) is 36.4 Å². The van der Waals surface area contributed by atoms with Gasteiger partial charge in [0.05, 0.1) is 31.2 Å². The minimum atomic E-state index is -4.46. The van der Waals surface area contributed by atoms with E-state index in [2.05, 4.69) is 19.9 Å². The molecule has 0 bridgehead atoms. The van der Waals surface area contributed by atoms with Gasteiger partial charge in [0, 0.05) is 41.8 Å². The molecule has 0 radical (unpaired) electrons. The third-order valence-electron chi connectivity index (χ3n) is 5.47. The van der Waals surface area contributed by atoms with Crippen LogP contribution in [0.15, 0.2) is 40.8 Å². The molecule has 0 unspecified atom stereocenters. The first-order valence-electron chi connectivity index (χ1n) is 8.97. The molecule has 2 aromatic rings. The fourth-order valence-corrected chi connectivity index (χ4v) is 4.53. The number of alkyl halides is 3. The zero-order valence-corrected chi connectivity index (χ0v) is 15.8. The molecule has 10 heteroatoms. The third kappa shape index (κ3) is 3.81. The molecule has 2 fully saturated rings. The highest BCUT2D eigenvalue weighted by Crippen LogP contribution is 2.40. The second-order valence-corrected chi connectivity index (χ2v) is 8.22. The Morgan fingerprint density at radius 3 is 2.57 bits per heavy atom. The van der Waals surface area contributed by atoms with Crippen LogP contribution in [0.4, 0.5) is 19.0 Å². The zero-order valence-electron chi connectivity index (χ0n) is 15.0. The first-order chi connectivity index (χ1) is 13.4. The van der Waals surface area contributed by atoms with Crippen LogP contribution in [0.3, 0.4) is 0 Å². The quantitative estimate of drug-likeness (QED) is 0.832. The number of nitrogens with two attached hydrogens (primary N) is 1. The van der Waals surface area contributed by atoms with Crippen molar-refractivity contribution >= 4 is 17.6 Å². The third-order valence-corrected chi connectivity index (χ3v) is 6.47. The van der Waals surface area contributed by atoms with Gasteiger partial charge in [0.2, 0.25) is 0 Å². The number of ether oxygens (including phenoxy) is 1. The van der Waals surface area contributed by atoms with Gasteiger partial charge >= 0.3 is 6.18 Å². The summed E-state index contributed by atoms with van der Waals surface area (Å²) in [5.41, 5.74) is 5.48. The molecule has 2 saturated heterocycles. The van der Waals surface area contributed by atoms with Gasteiger partial charge in [0.1, 0.15) is 10.8 Å². The van der Waals surface area contributed by atoms with Crippen LogP contribution in [0.5, 0.6) is 0 Å². The van der Waals surface area contributed by atoms with E-state index in [9.17, 15) is 13.2 Å². The zero-order chi connectivity index (χ0) is 19.8. The monoisotopic (exact) mass is 411 g/mol. The molecule has 2 aliphatic rings. The predicted molar refractivity (Wildman–Crippen MR) is 98.1 cm³/mol. The number of aromatic nitrogens is 3. The molecule has 1 atom stereocenters. The number of hydrogen-bond donors (Lipinski definition) is 1. The van der Waals surface area contributed by atoms with Crippen molar-refractivity contribution < 1.29 is 17.9 Å². The minimum Gasteiger partial charge on any atom is -0.379 e. The Morgan fingerprint density at radius 1 is 1.18 bits per heavy atom. The lowest BCUT2D eigenvalue weighted by atomic mass is 9.75. The highest BCUT2D eigenvalue weighted by atomic mass is 32.2. The summed E-state index contributed by atoms with van der Waals surface area (Å²) in [5.74, 6) is 0.720. The molecule has 0 amide bonds. The fourth-order valence-electron chi connectivity index (χ4n) is 3.69. The molecule has 0 aliphatic carbocycles. The van der Waals surface area contributed by atoms with Gasteiger partial charge in [-0.2, -0.15) is 13.2 Å². The van der Waals surface area contributed by atoms with Gasteiger partial charge in [0.15, 0.2) is 0 Å². The molecule has 1 spiro atoms. The maximum absolute atomic E-state index is 13.1. The van der Waals surface area contributed by atoms with Gasteiger partial charge < -0.3 is 15.4 Å². The summed E-state index contributed by atoms with van der Waals surface area (Å²) in [4.78, 5) is 14.5. The van der Waals surface area contributed by atoms with E-state index in [1.165, 1.54) is 18.5 Å². The highest BCUT2D eigenvalue weighted by molar-refractivity contribution is 7.99. The van der Waals surface area contributed by atoms with E-state index in [4.69, 9.17) is 10.5 Å². The first-order valence-corrected chi connectivity index (χ1v) is 9.78. The van der Waals surface area contributed by atoms with Crippen LogP contribution in [0.2, 0.25) is 0 Å². The van der Waals surface area contributed by atoms with Gasteiger partial charge in [-0.1, -0.05) is 11.8 Å². The lowest BCUT2D eigenvalue weighted by Gasteiger charge is -2.41. The van der Waals surface area contributed by atoms with Gasteiger partial charge in [-0.15, -0.1) is 0 Å². The summed E-state index contributed by atoms with van der Waals surface area (Å²) in [6.45, 7) is 2.93. The normalized spacial score (nSPS) is 22.0. The van der Waals surface area contributed by atoms with Crippen LogP contribution < -0.4 is 10.6 Å². The lowest BCUT2D eigenvalue weighted by Crippen LogP contribution is -2.49. The molecule has 28 heavy (non-hydrogen) atoms. The molecule has 0 aromatic carbocycles. The number of pyridine rings is 1. The number of halogens is 3. The highest BCUT2D eigenvalue weighted by Gasteiger charge is 2.44. The Labute approximate surface area is 164 Å². The van der Waals surface area contributed by atoms with Crippen molar-refractivity contribution in [3.8, 4) is 0 Å². The molecular weight excluding hydrogens is 391 g/mol. The molecular formula is C18H20F3N5OS. The summed E-state index contributed by atoms with van der Waals surface area (Å²) in [6, 6.07) is 1.41. The van der Waals surface area contributed by atoms with Crippen molar-refractivity contribution in [3.63, 3.8) is 0 Å². The summed E-state index contributed by atoms with van der Waals surface area (Å²) in [6.07, 6.45) is 2.68. The summed E-state index contributed by atoms with van der Waals surface area (Å²) < 4.78 is 44.8. The smallest absolute Gasteiger partial charge is 0.379 e. The standard InChI is InChI=1S/C18H20F3N5OS/c19-18(20,21)12-7-23-4-1-13(12)28-16-9-24-15(8-25-16)26-5-2-17(3-6-26)11-27-10-14(17)22/h1,4,7-9,14H,2-3,5-6,10-11,22H2/t14-/m1/s1. The van der Waals surface area contributed by atoms with Crippen LogP contribution in [0.25, 0.3) is 0 Å². The Hall–Kier alpha value is -1.91. The fraction of sp³-hybridized carbons (Fsp3) is 0.500. The molecule has 150 valence electrons. The first kappa shape index (κ1) is 19.4. The van der Waals surface area contributed by atoms with E-state index in [1.807, 2.05) is 0 Å².